The number of hydrogen-bond acceptors (Lipinski definition) is 4. The van der Waals surface area contributed by atoms with Gasteiger partial charge in [-0.3, -0.25) is 0 Å². The smallest absolute Gasteiger partial charge is 0.338 e. The van der Waals surface area contributed by atoms with Gasteiger partial charge in [0.1, 0.15) is 4.90 Å². The lowest BCUT2D eigenvalue weighted by Crippen LogP contribution is -2.32. The molecule has 0 aliphatic heterocycles. The minimum Gasteiger partial charge on any atom is -0.478 e. The Labute approximate surface area is 126 Å². The lowest BCUT2D eigenvalue weighted by Gasteiger charge is -2.12. The van der Waals surface area contributed by atoms with Crippen molar-refractivity contribution in [1.29, 1.82) is 0 Å². The van der Waals surface area contributed by atoms with Crippen molar-refractivity contribution in [2.45, 2.75) is 24.3 Å². The molecule has 0 spiro atoms. The van der Waals surface area contributed by atoms with E-state index in [-0.39, 0.29) is 11.6 Å². The van der Waals surface area contributed by atoms with E-state index < -0.39 is 37.6 Å². The number of carbonyl (C=O) groups is 1. The Morgan fingerprint density at radius 3 is 2.50 bits per heavy atom. The van der Waals surface area contributed by atoms with Crippen molar-refractivity contribution in [2.75, 3.05) is 6.54 Å². The van der Waals surface area contributed by atoms with E-state index in [0.717, 1.165) is 12.1 Å². The SMILES string of the molecule is CCC(O)CNS(=O)(=O)c1ccc(Cl)c(C(=O)O)c1Cl. The zero-order chi connectivity index (χ0) is 15.5. The van der Waals surface area contributed by atoms with Gasteiger partial charge in [-0.1, -0.05) is 30.1 Å². The van der Waals surface area contributed by atoms with Crippen molar-refractivity contribution < 1.29 is 23.4 Å². The number of aromatic carboxylic acids is 1. The Morgan fingerprint density at radius 2 is 2.00 bits per heavy atom. The summed E-state index contributed by atoms with van der Waals surface area (Å²) in [6, 6.07) is 2.25. The molecule has 0 amide bonds. The highest BCUT2D eigenvalue weighted by Crippen LogP contribution is 2.30. The number of carboxylic acids is 1. The minimum atomic E-state index is -4.03. The van der Waals surface area contributed by atoms with Crippen molar-refractivity contribution in [1.82, 2.24) is 4.72 Å². The average molecular weight is 342 g/mol. The molecule has 0 aliphatic carbocycles. The minimum absolute atomic E-state index is 0.157. The molecular weight excluding hydrogens is 329 g/mol. The molecule has 0 saturated carbocycles. The summed E-state index contributed by atoms with van der Waals surface area (Å²) in [4.78, 5) is 10.6. The third kappa shape index (κ3) is 3.83. The van der Waals surface area contributed by atoms with Crippen LogP contribution < -0.4 is 4.72 Å². The van der Waals surface area contributed by atoms with Crippen LogP contribution in [0, 0.1) is 0 Å². The molecule has 0 bridgehead atoms. The Bertz CT molecular complexity index is 617. The van der Waals surface area contributed by atoms with Gasteiger partial charge in [-0.05, 0) is 18.6 Å². The normalized spacial score (nSPS) is 13.2. The van der Waals surface area contributed by atoms with Gasteiger partial charge in [0.2, 0.25) is 10.0 Å². The Hall–Kier alpha value is -0.860. The standard InChI is InChI=1S/C11H13Cl2NO5S/c1-2-6(15)5-14-20(18,19)8-4-3-7(12)9(10(8)13)11(16)17/h3-4,6,14-15H,2,5H2,1H3,(H,16,17). The van der Waals surface area contributed by atoms with Gasteiger partial charge in [-0.25, -0.2) is 17.9 Å². The van der Waals surface area contributed by atoms with E-state index in [1.54, 1.807) is 6.92 Å². The largest absolute Gasteiger partial charge is 0.478 e. The molecule has 1 aromatic rings. The zero-order valence-electron chi connectivity index (χ0n) is 10.4. The molecule has 0 heterocycles. The van der Waals surface area contributed by atoms with Crippen molar-refractivity contribution in [2.24, 2.45) is 0 Å². The number of aliphatic hydroxyl groups is 1. The molecule has 20 heavy (non-hydrogen) atoms. The van der Waals surface area contributed by atoms with Gasteiger partial charge < -0.3 is 10.2 Å². The third-order valence-electron chi connectivity index (χ3n) is 2.54. The molecule has 6 nitrogen and oxygen atoms in total. The number of sulfonamides is 1. The second-order valence-electron chi connectivity index (χ2n) is 3.95. The summed E-state index contributed by atoms with van der Waals surface area (Å²) in [5.74, 6) is -1.43. The van der Waals surface area contributed by atoms with Crippen molar-refractivity contribution in [3.63, 3.8) is 0 Å². The van der Waals surface area contributed by atoms with Crippen LogP contribution in [-0.4, -0.2) is 37.2 Å². The van der Waals surface area contributed by atoms with Gasteiger partial charge in [0.25, 0.3) is 0 Å². The fourth-order valence-corrected chi connectivity index (χ4v) is 3.35. The average Bonchev–Trinajstić information content (AvgIpc) is 2.35. The molecule has 0 fully saturated rings. The second-order valence-corrected chi connectivity index (χ2v) is 6.47. The number of aliphatic hydroxyl groups excluding tert-OH is 1. The Morgan fingerprint density at radius 1 is 1.40 bits per heavy atom. The third-order valence-corrected chi connectivity index (χ3v) is 4.82. The lowest BCUT2D eigenvalue weighted by molar-refractivity contribution is 0.0697. The molecular formula is C11H13Cl2NO5S. The van der Waals surface area contributed by atoms with Gasteiger partial charge in [-0.15, -0.1) is 0 Å². The zero-order valence-corrected chi connectivity index (χ0v) is 12.8. The van der Waals surface area contributed by atoms with Crippen LogP contribution >= 0.6 is 23.2 Å². The number of nitrogens with one attached hydrogen (secondary N) is 1. The summed E-state index contributed by atoms with van der Waals surface area (Å²) in [5, 5.41) is 17.7. The first-order chi connectivity index (χ1) is 9.20. The van der Waals surface area contributed by atoms with E-state index in [0.29, 0.717) is 6.42 Å². The van der Waals surface area contributed by atoms with Crippen molar-refractivity contribution in [3.05, 3.63) is 27.7 Å². The summed E-state index contributed by atoms with van der Waals surface area (Å²) < 4.78 is 26.2. The lowest BCUT2D eigenvalue weighted by atomic mass is 10.2. The first-order valence-corrected chi connectivity index (χ1v) is 7.83. The van der Waals surface area contributed by atoms with Crippen LogP contribution in [0.5, 0.6) is 0 Å². The van der Waals surface area contributed by atoms with Crippen LogP contribution in [0.1, 0.15) is 23.7 Å². The number of benzene rings is 1. The quantitative estimate of drug-likeness (QED) is 0.731. The molecule has 0 aliphatic rings. The number of rotatable bonds is 6. The van der Waals surface area contributed by atoms with Gasteiger partial charge >= 0.3 is 5.97 Å². The van der Waals surface area contributed by atoms with Crippen molar-refractivity contribution >= 4 is 39.2 Å². The van der Waals surface area contributed by atoms with Crippen LogP contribution in [-0.2, 0) is 10.0 Å². The van der Waals surface area contributed by atoms with Crippen LogP contribution in [0.2, 0.25) is 10.0 Å². The fourth-order valence-electron chi connectivity index (χ4n) is 1.36. The van der Waals surface area contributed by atoms with E-state index in [4.69, 9.17) is 28.3 Å². The summed E-state index contributed by atoms with van der Waals surface area (Å²) >= 11 is 11.5. The van der Waals surface area contributed by atoms with Crippen LogP contribution in [0.4, 0.5) is 0 Å². The fraction of sp³-hybridized carbons (Fsp3) is 0.364. The Balaban J connectivity index is 3.20. The number of halogens is 2. The van der Waals surface area contributed by atoms with Crippen LogP contribution in [0.25, 0.3) is 0 Å². The first kappa shape index (κ1) is 17.2. The summed E-state index contributed by atoms with van der Waals surface area (Å²) in [5.41, 5.74) is -0.479. The van der Waals surface area contributed by atoms with Gasteiger partial charge in [0.15, 0.2) is 0 Å². The van der Waals surface area contributed by atoms with E-state index in [1.807, 2.05) is 0 Å². The molecule has 112 valence electrons. The van der Waals surface area contributed by atoms with Crippen LogP contribution in [0.3, 0.4) is 0 Å². The molecule has 3 N–H and O–H groups in total. The Kier molecular flexibility index (Phi) is 5.79. The molecule has 0 saturated heterocycles. The maximum absolute atomic E-state index is 12.0. The summed E-state index contributed by atoms with van der Waals surface area (Å²) in [7, 11) is -4.03. The highest BCUT2D eigenvalue weighted by Gasteiger charge is 2.24. The van der Waals surface area contributed by atoms with Crippen LogP contribution in [0.15, 0.2) is 17.0 Å². The molecule has 1 aromatic carbocycles. The topological polar surface area (TPSA) is 104 Å². The highest BCUT2D eigenvalue weighted by molar-refractivity contribution is 7.89. The summed E-state index contributed by atoms with van der Waals surface area (Å²) in [6.07, 6.45) is -0.466. The molecule has 1 unspecified atom stereocenters. The molecule has 0 aromatic heterocycles. The monoisotopic (exact) mass is 341 g/mol. The van der Waals surface area contributed by atoms with Gasteiger partial charge in [0, 0.05) is 6.54 Å². The maximum atomic E-state index is 12.0. The molecule has 1 atom stereocenters. The predicted octanol–water partition coefficient (Wildman–Crippen LogP) is 1.74. The molecule has 0 radical (unpaired) electrons. The van der Waals surface area contributed by atoms with Gasteiger partial charge in [-0.2, -0.15) is 0 Å². The van der Waals surface area contributed by atoms with E-state index in [9.17, 15) is 18.3 Å². The molecule has 1 rings (SSSR count). The second kappa shape index (κ2) is 6.73. The first-order valence-electron chi connectivity index (χ1n) is 5.59. The van der Waals surface area contributed by atoms with Crippen molar-refractivity contribution in [3.8, 4) is 0 Å². The van der Waals surface area contributed by atoms with Gasteiger partial charge in [0.05, 0.1) is 21.7 Å². The van der Waals surface area contributed by atoms with E-state index in [1.165, 1.54) is 0 Å². The van der Waals surface area contributed by atoms with E-state index >= 15 is 0 Å². The summed E-state index contributed by atoms with van der Waals surface area (Å²) in [6.45, 7) is 1.50. The number of carboxylic acid groups (broad SMARTS) is 1. The maximum Gasteiger partial charge on any atom is 0.338 e. The number of hydrogen-bond donors (Lipinski definition) is 3. The molecule has 9 heteroatoms. The highest BCUT2D eigenvalue weighted by atomic mass is 35.5. The predicted molar refractivity (Wildman–Crippen MR) is 74.9 cm³/mol. The van der Waals surface area contributed by atoms with E-state index in [2.05, 4.69) is 4.72 Å².